The summed E-state index contributed by atoms with van der Waals surface area (Å²) in [5, 5.41) is 13.0. The summed E-state index contributed by atoms with van der Waals surface area (Å²) < 4.78 is 10.5. The van der Waals surface area contributed by atoms with Crippen LogP contribution in [0.1, 0.15) is 11.1 Å². The van der Waals surface area contributed by atoms with E-state index in [1.165, 1.54) is 14.2 Å². The molecule has 0 aliphatic carbocycles. The minimum atomic E-state index is -0.278. The van der Waals surface area contributed by atoms with Crippen LogP contribution in [0.2, 0.25) is 0 Å². The van der Waals surface area contributed by atoms with Crippen LogP contribution in [0.15, 0.2) is 41.4 Å². The van der Waals surface area contributed by atoms with Gasteiger partial charge in [0.2, 0.25) is 11.7 Å². The van der Waals surface area contributed by atoms with Gasteiger partial charge in [-0.3, -0.25) is 9.79 Å². The van der Waals surface area contributed by atoms with Crippen molar-refractivity contribution in [2.75, 3.05) is 26.1 Å². The van der Waals surface area contributed by atoms with Crippen molar-refractivity contribution in [2.24, 2.45) is 4.99 Å². The third kappa shape index (κ3) is 2.59. The van der Waals surface area contributed by atoms with E-state index in [0.717, 1.165) is 5.56 Å². The van der Waals surface area contributed by atoms with Crippen LogP contribution >= 0.6 is 0 Å². The van der Waals surface area contributed by atoms with Gasteiger partial charge in [0, 0.05) is 11.1 Å². The molecule has 0 atom stereocenters. The van der Waals surface area contributed by atoms with Crippen molar-refractivity contribution in [3.8, 4) is 17.2 Å². The van der Waals surface area contributed by atoms with Crippen molar-refractivity contribution in [1.82, 2.24) is 0 Å². The molecule has 2 aromatic rings. The molecule has 0 unspecified atom stereocenters. The van der Waals surface area contributed by atoms with Gasteiger partial charge < -0.3 is 19.9 Å². The second-order valence-corrected chi connectivity index (χ2v) is 4.96. The molecule has 2 N–H and O–H groups in total. The van der Waals surface area contributed by atoms with Crippen molar-refractivity contribution in [1.29, 1.82) is 0 Å². The number of nitrogens with zero attached hydrogens (tertiary/aromatic N) is 1. The smallest absolute Gasteiger partial charge is 0.246 e. The molecule has 23 heavy (non-hydrogen) atoms. The molecule has 1 aliphatic rings. The van der Waals surface area contributed by atoms with Gasteiger partial charge in [0.25, 0.3) is 0 Å². The second-order valence-electron chi connectivity index (χ2n) is 4.96. The number of amides is 1. The first-order valence-corrected chi connectivity index (χ1v) is 7.03. The Labute approximate surface area is 133 Å². The molecule has 6 nitrogen and oxygen atoms in total. The lowest BCUT2D eigenvalue weighted by molar-refractivity contribution is -0.114. The van der Waals surface area contributed by atoms with Gasteiger partial charge in [0.1, 0.15) is 6.54 Å². The van der Waals surface area contributed by atoms with Crippen LogP contribution in [-0.2, 0) is 4.79 Å². The zero-order valence-corrected chi connectivity index (χ0v) is 12.8. The number of phenols is 1. The highest BCUT2D eigenvalue weighted by Crippen LogP contribution is 2.45. The minimum Gasteiger partial charge on any atom is -0.502 e. The SMILES string of the molecule is COc1cc2c(c(OC)c1O)NC(=O)CN=C2c1ccccc1. The van der Waals surface area contributed by atoms with Crippen LogP contribution in [0, 0.1) is 0 Å². The summed E-state index contributed by atoms with van der Waals surface area (Å²) in [6.45, 7) is -0.00879. The molecule has 0 aromatic heterocycles. The highest BCUT2D eigenvalue weighted by atomic mass is 16.5. The summed E-state index contributed by atoms with van der Waals surface area (Å²) in [7, 11) is 2.88. The van der Waals surface area contributed by atoms with E-state index in [9.17, 15) is 9.90 Å². The zero-order chi connectivity index (χ0) is 16.4. The lowest BCUT2D eigenvalue weighted by Gasteiger charge is -2.17. The Kier molecular flexibility index (Phi) is 3.89. The van der Waals surface area contributed by atoms with Gasteiger partial charge in [-0.1, -0.05) is 30.3 Å². The molecular formula is C17H16N2O4. The number of nitrogens with one attached hydrogen (secondary N) is 1. The van der Waals surface area contributed by atoms with E-state index in [2.05, 4.69) is 10.3 Å². The van der Waals surface area contributed by atoms with Crippen LogP contribution in [-0.4, -0.2) is 37.5 Å². The van der Waals surface area contributed by atoms with Gasteiger partial charge in [-0.15, -0.1) is 0 Å². The summed E-state index contributed by atoms with van der Waals surface area (Å²) in [6, 6.07) is 11.2. The quantitative estimate of drug-likeness (QED) is 0.910. The normalized spacial score (nSPS) is 13.5. The summed E-state index contributed by atoms with van der Waals surface area (Å²) in [6.07, 6.45) is 0. The molecular weight excluding hydrogens is 296 g/mol. The number of anilines is 1. The van der Waals surface area contributed by atoms with Crippen LogP contribution in [0.5, 0.6) is 17.2 Å². The second kappa shape index (κ2) is 6.00. The van der Waals surface area contributed by atoms with Crippen molar-refractivity contribution < 1.29 is 19.4 Å². The predicted octanol–water partition coefficient (Wildman–Crippen LogP) is 2.20. The fourth-order valence-electron chi connectivity index (χ4n) is 2.55. The van der Waals surface area contributed by atoms with E-state index in [1.54, 1.807) is 6.07 Å². The average molecular weight is 312 g/mol. The third-order valence-electron chi connectivity index (χ3n) is 3.59. The largest absolute Gasteiger partial charge is 0.502 e. The Morgan fingerprint density at radius 3 is 2.57 bits per heavy atom. The number of benzodiazepines with no additional fused rings is 1. The first-order chi connectivity index (χ1) is 11.2. The van der Waals surface area contributed by atoms with Crippen molar-refractivity contribution >= 4 is 17.3 Å². The summed E-state index contributed by atoms with van der Waals surface area (Å²) in [5.41, 5.74) is 2.51. The molecule has 0 saturated heterocycles. The molecule has 1 amide bonds. The molecule has 118 valence electrons. The molecule has 1 aliphatic heterocycles. The maximum absolute atomic E-state index is 12.0. The monoisotopic (exact) mass is 312 g/mol. The molecule has 1 heterocycles. The maximum atomic E-state index is 12.0. The third-order valence-corrected chi connectivity index (χ3v) is 3.59. The molecule has 3 rings (SSSR count). The van der Waals surface area contributed by atoms with Gasteiger partial charge in [-0.25, -0.2) is 0 Å². The minimum absolute atomic E-state index is 0.00879. The number of hydrogen-bond acceptors (Lipinski definition) is 5. The van der Waals surface area contributed by atoms with Crippen LogP contribution in [0.25, 0.3) is 0 Å². The maximum Gasteiger partial charge on any atom is 0.246 e. The number of phenolic OH excluding ortho intramolecular Hbond substituents is 1. The standard InChI is InChI=1S/C17H16N2O4/c1-22-12-8-11-14(10-6-4-3-5-7-10)18-9-13(20)19-15(11)17(23-2)16(12)21/h3-8,21H,9H2,1-2H3,(H,19,20). The number of carbonyl (C=O) groups excluding carboxylic acids is 1. The number of fused-ring (bicyclic) bond motifs is 1. The number of aromatic hydroxyl groups is 1. The lowest BCUT2D eigenvalue weighted by atomic mass is 9.99. The Bertz CT molecular complexity index is 785. The number of hydrogen-bond donors (Lipinski definition) is 2. The van der Waals surface area contributed by atoms with Crippen molar-refractivity contribution in [3.05, 3.63) is 47.5 Å². The highest BCUT2D eigenvalue weighted by Gasteiger charge is 2.26. The number of rotatable bonds is 3. The summed E-state index contributed by atoms with van der Waals surface area (Å²) in [4.78, 5) is 16.4. The number of carbonyl (C=O) groups is 1. The lowest BCUT2D eigenvalue weighted by Crippen LogP contribution is -2.14. The van der Waals surface area contributed by atoms with Gasteiger partial charge >= 0.3 is 0 Å². The fraction of sp³-hybridized carbons (Fsp3) is 0.176. The van der Waals surface area contributed by atoms with Crippen LogP contribution in [0.4, 0.5) is 5.69 Å². The molecule has 6 heteroatoms. The summed E-state index contributed by atoms with van der Waals surface area (Å²) in [5.74, 6) is -0.0398. The van der Waals surface area contributed by atoms with E-state index >= 15 is 0 Å². The first-order valence-electron chi connectivity index (χ1n) is 7.03. The number of aliphatic imine (C=N–C) groups is 1. The molecule has 0 saturated carbocycles. The average Bonchev–Trinajstić information content (AvgIpc) is 2.73. The fourth-order valence-corrected chi connectivity index (χ4v) is 2.55. The molecule has 0 radical (unpaired) electrons. The molecule has 2 aromatic carbocycles. The van der Waals surface area contributed by atoms with Gasteiger partial charge in [-0.05, 0) is 6.07 Å². The van der Waals surface area contributed by atoms with E-state index in [4.69, 9.17) is 9.47 Å². The summed E-state index contributed by atoms with van der Waals surface area (Å²) >= 11 is 0. The van der Waals surface area contributed by atoms with E-state index < -0.39 is 0 Å². The first kappa shape index (κ1) is 14.9. The zero-order valence-electron chi connectivity index (χ0n) is 12.8. The number of benzene rings is 2. The topological polar surface area (TPSA) is 80.1 Å². The Hall–Kier alpha value is -3.02. The number of ether oxygens (including phenoxy) is 2. The highest BCUT2D eigenvalue weighted by molar-refractivity contribution is 6.20. The Balaban J connectivity index is 2.29. The Morgan fingerprint density at radius 2 is 1.91 bits per heavy atom. The van der Waals surface area contributed by atoms with Crippen LogP contribution < -0.4 is 14.8 Å². The van der Waals surface area contributed by atoms with E-state index in [-0.39, 0.29) is 29.7 Å². The van der Waals surface area contributed by atoms with Gasteiger partial charge in [0.15, 0.2) is 11.5 Å². The molecule has 0 spiro atoms. The van der Waals surface area contributed by atoms with Crippen molar-refractivity contribution in [2.45, 2.75) is 0 Å². The van der Waals surface area contributed by atoms with Crippen molar-refractivity contribution in [3.63, 3.8) is 0 Å². The van der Waals surface area contributed by atoms with Gasteiger partial charge in [-0.2, -0.15) is 0 Å². The van der Waals surface area contributed by atoms with Crippen LogP contribution in [0.3, 0.4) is 0 Å². The molecule has 0 fully saturated rings. The molecule has 0 bridgehead atoms. The van der Waals surface area contributed by atoms with E-state index in [1.807, 2.05) is 30.3 Å². The van der Waals surface area contributed by atoms with E-state index in [0.29, 0.717) is 17.0 Å². The number of methoxy groups -OCH3 is 2. The predicted molar refractivity (Wildman–Crippen MR) is 86.8 cm³/mol. The Morgan fingerprint density at radius 1 is 1.17 bits per heavy atom. The van der Waals surface area contributed by atoms with Gasteiger partial charge in [0.05, 0.1) is 25.6 Å².